The lowest BCUT2D eigenvalue weighted by atomic mass is 10.1. The van der Waals surface area contributed by atoms with Gasteiger partial charge in [-0.2, -0.15) is 5.10 Å². The van der Waals surface area contributed by atoms with Crippen LogP contribution >= 0.6 is 23.2 Å². The van der Waals surface area contributed by atoms with Gasteiger partial charge in [-0.15, -0.1) is 0 Å². The third-order valence-electron chi connectivity index (χ3n) is 3.70. The molecular formula is C15H15Cl2N3O. The minimum Gasteiger partial charge on any atom is -0.338 e. The Labute approximate surface area is 133 Å². The van der Waals surface area contributed by atoms with Gasteiger partial charge >= 0.3 is 0 Å². The van der Waals surface area contributed by atoms with Crippen LogP contribution in [0.4, 0.5) is 0 Å². The molecule has 0 radical (unpaired) electrons. The summed E-state index contributed by atoms with van der Waals surface area (Å²) in [5.74, 6) is -0.0332. The fourth-order valence-electron chi connectivity index (χ4n) is 2.37. The van der Waals surface area contributed by atoms with Gasteiger partial charge in [0, 0.05) is 18.1 Å². The predicted molar refractivity (Wildman–Crippen MR) is 83.0 cm³/mol. The van der Waals surface area contributed by atoms with Crippen molar-refractivity contribution >= 4 is 29.1 Å². The number of amides is 1. The van der Waals surface area contributed by atoms with Crippen LogP contribution in [0.1, 0.15) is 28.0 Å². The van der Waals surface area contributed by atoms with Crippen molar-refractivity contribution in [2.45, 2.75) is 19.9 Å². The summed E-state index contributed by atoms with van der Waals surface area (Å²) in [6, 6.07) is 7.54. The standard InChI is InChI=1S/C15H15Cl2N3O/c1-10-13(15(21)19-7-4-8-19)14(17)20(18-10)9-11-5-2-3-6-12(11)16/h2-3,5-6H,4,7-9H2,1H3. The molecule has 110 valence electrons. The van der Waals surface area contributed by atoms with E-state index in [9.17, 15) is 4.79 Å². The van der Waals surface area contributed by atoms with Crippen LogP contribution in [-0.2, 0) is 6.54 Å². The molecule has 21 heavy (non-hydrogen) atoms. The van der Waals surface area contributed by atoms with Gasteiger partial charge in [0.05, 0.1) is 17.8 Å². The third-order valence-corrected chi connectivity index (χ3v) is 4.45. The maximum absolute atomic E-state index is 12.4. The fraction of sp³-hybridized carbons (Fsp3) is 0.333. The van der Waals surface area contributed by atoms with Crippen LogP contribution in [0.25, 0.3) is 0 Å². The molecule has 0 atom stereocenters. The maximum Gasteiger partial charge on any atom is 0.258 e. The highest BCUT2D eigenvalue weighted by Gasteiger charge is 2.28. The lowest BCUT2D eigenvalue weighted by Gasteiger charge is -2.30. The van der Waals surface area contributed by atoms with Crippen molar-refractivity contribution in [1.82, 2.24) is 14.7 Å². The molecule has 0 spiro atoms. The number of rotatable bonds is 3. The second-order valence-corrected chi connectivity index (χ2v) is 5.91. The second kappa shape index (κ2) is 5.70. The lowest BCUT2D eigenvalue weighted by Crippen LogP contribution is -2.42. The van der Waals surface area contributed by atoms with Crippen molar-refractivity contribution in [3.63, 3.8) is 0 Å². The Balaban J connectivity index is 1.91. The van der Waals surface area contributed by atoms with Crippen LogP contribution in [-0.4, -0.2) is 33.7 Å². The van der Waals surface area contributed by atoms with Crippen LogP contribution in [0.15, 0.2) is 24.3 Å². The molecular weight excluding hydrogens is 309 g/mol. The zero-order valence-corrected chi connectivity index (χ0v) is 13.2. The van der Waals surface area contributed by atoms with Crippen LogP contribution in [0.3, 0.4) is 0 Å². The highest BCUT2D eigenvalue weighted by Crippen LogP contribution is 2.25. The van der Waals surface area contributed by atoms with Crippen molar-refractivity contribution in [3.8, 4) is 0 Å². The van der Waals surface area contributed by atoms with Crippen molar-refractivity contribution in [2.24, 2.45) is 0 Å². The van der Waals surface area contributed by atoms with E-state index in [0.717, 1.165) is 25.1 Å². The molecule has 2 heterocycles. The Bertz CT molecular complexity index is 692. The minimum absolute atomic E-state index is 0.0332. The quantitative estimate of drug-likeness (QED) is 0.868. The van der Waals surface area contributed by atoms with E-state index in [-0.39, 0.29) is 5.91 Å². The van der Waals surface area contributed by atoms with Crippen molar-refractivity contribution in [3.05, 3.63) is 51.3 Å². The van der Waals surface area contributed by atoms with E-state index in [1.54, 1.807) is 9.58 Å². The van der Waals surface area contributed by atoms with Gasteiger partial charge in [0.2, 0.25) is 0 Å². The zero-order chi connectivity index (χ0) is 15.0. The van der Waals surface area contributed by atoms with Gasteiger partial charge in [-0.1, -0.05) is 41.4 Å². The SMILES string of the molecule is Cc1nn(Cc2ccccc2Cl)c(Cl)c1C(=O)N1CCC1. The highest BCUT2D eigenvalue weighted by molar-refractivity contribution is 6.33. The molecule has 0 aliphatic carbocycles. The molecule has 0 N–H and O–H groups in total. The topological polar surface area (TPSA) is 38.1 Å². The van der Waals surface area contributed by atoms with E-state index in [1.807, 2.05) is 31.2 Å². The van der Waals surface area contributed by atoms with Crippen LogP contribution in [0.5, 0.6) is 0 Å². The van der Waals surface area contributed by atoms with Gasteiger partial charge in [-0.05, 0) is 25.0 Å². The van der Waals surface area contributed by atoms with E-state index in [1.165, 1.54) is 0 Å². The molecule has 1 fully saturated rings. The average Bonchev–Trinajstić information content (AvgIpc) is 2.65. The summed E-state index contributed by atoms with van der Waals surface area (Å²) in [5, 5.41) is 5.43. The van der Waals surface area contributed by atoms with Gasteiger partial charge in [-0.3, -0.25) is 4.79 Å². The number of aromatic nitrogens is 2. The molecule has 0 saturated carbocycles. The van der Waals surface area contributed by atoms with E-state index >= 15 is 0 Å². The average molecular weight is 324 g/mol. The molecule has 1 aliphatic rings. The van der Waals surface area contributed by atoms with Crippen LogP contribution in [0, 0.1) is 6.92 Å². The Kier molecular flexibility index (Phi) is 3.91. The summed E-state index contributed by atoms with van der Waals surface area (Å²) in [6.45, 7) is 3.85. The Morgan fingerprint density at radius 2 is 2.00 bits per heavy atom. The number of halogens is 2. The summed E-state index contributed by atoms with van der Waals surface area (Å²) in [4.78, 5) is 14.2. The molecule has 4 nitrogen and oxygen atoms in total. The maximum atomic E-state index is 12.4. The number of nitrogens with zero attached hydrogens (tertiary/aromatic N) is 3. The molecule has 1 aliphatic heterocycles. The van der Waals surface area contributed by atoms with Gasteiger partial charge in [0.1, 0.15) is 5.15 Å². The number of carbonyl (C=O) groups is 1. The zero-order valence-electron chi connectivity index (χ0n) is 11.6. The summed E-state index contributed by atoms with van der Waals surface area (Å²) < 4.78 is 1.63. The van der Waals surface area contributed by atoms with Gasteiger partial charge < -0.3 is 4.90 Å². The number of hydrogen-bond acceptors (Lipinski definition) is 2. The molecule has 1 aromatic carbocycles. The summed E-state index contributed by atoms with van der Waals surface area (Å²) in [7, 11) is 0. The van der Waals surface area contributed by atoms with E-state index in [4.69, 9.17) is 23.2 Å². The molecule has 6 heteroatoms. The van der Waals surface area contributed by atoms with Gasteiger partial charge in [0.25, 0.3) is 5.91 Å². The molecule has 1 saturated heterocycles. The van der Waals surface area contributed by atoms with Crippen molar-refractivity contribution in [2.75, 3.05) is 13.1 Å². The van der Waals surface area contributed by atoms with E-state index < -0.39 is 0 Å². The number of hydrogen-bond donors (Lipinski definition) is 0. The van der Waals surface area contributed by atoms with Gasteiger partial charge in [0.15, 0.2) is 0 Å². The third kappa shape index (κ3) is 2.65. The Morgan fingerprint density at radius 3 is 2.62 bits per heavy atom. The molecule has 3 rings (SSSR count). The largest absolute Gasteiger partial charge is 0.338 e. The smallest absolute Gasteiger partial charge is 0.258 e. The normalized spacial score (nSPS) is 14.1. The molecule has 1 aromatic heterocycles. The molecule has 0 bridgehead atoms. The second-order valence-electron chi connectivity index (χ2n) is 5.15. The predicted octanol–water partition coefficient (Wildman–Crippen LogP) is 3.39. The monoisotopic (exact) mass is 323 g/mol. The highest BCUT2D eigenvalue weighted by atomic mass is 35.5. The van der Waals surface area contributed by atoms with Crippen molar-refractivity contribution < 1.29 is 4.79 Å². The van der Waals surface area contributed by atoms with Gasteiger partial charge in [-0.25, -0.2) is 4.68 Å². The lowest BCUT2D eigenvalue weighted by molar-refractivity contribution is 0.0651. The number of carbonyl (C=O) groups excluding carboxylic acids is 1. The number of likely N-dealkylation sites (tertiary alicyclic amines) is 1. The van der Waals surface area contributed by atoms with Crippen molar-refractivity contribution in [1.29, 1.82) is 0 Å². The number of benzene rings is 1. The minimum atomic E-state index is -0.0332. The summed E-state index contributed by atoms with van der Waals surface area (Å²) in [6.07, 6.45) is 1.05. The van der Waals surface area contributed by atoms with Crippen LogP contribution < -0.4 is 0 Å². The molecule has 0 unspecified atom stereocenters. The molecule has 2 aromatic rings. The Morgan fingerprint density at radius 1 is 1.29 bits per heavy atom. The Hall–Kier alpha value is -1.52. The fourth-order valence-corrected chi connectivity index (χ4v) is 2.88. The summed E-state index contributed by atoms with van der Waals surface area (Å²) in [5.41, 5.74) is 2.08. The van der Waals surface area contributed by atoms with E-state index in [0.29, 0.717) is 28.0 Å². The first kappa shape index (κ1) is 14.4. The first-order valence-electron chi connectivity index (χ1n) is 6.83. The number of aryl methyl sites for hydroxylation is 1. The van der Waals surface area contributed by atoms with E-state index in [2.05, 4.69) is 5.10 Å². The first-order chi connectivity index (χ1) is 10.1. The first-order valence-corrected chi connectivity index (χ1v) is 7.59. The molecule has 1 amide bonds. The van der Waals surface area contributed by atoms with Crippen LogP contribution in [0.2, 0.25) is 10.2 Å². The summed E-state index contributed by atoms with van der Waals surface area (Å²) >= 11 is 12.5.